The molecule has 7 heteroatoms. The van der Waals surface area contributed by atoms with E-state index >= 15 is 0 Å². The number of rotatable bonds is 1. The zero-order chi connectivity index (χ0) is 12.5. The van der Waals surface area contributed by atoms with Gasteiger partial charge < -0.3 is 10.8 Å². The lowest BCUT2D eigenvalue weighted by Gasteiger charge is -2.17. The summed E-state index contributed by atoms with van der Waals surface area (Å²) in [5.74, 6) is -0.759. The second-order valence-corrected chi connectivity index (χ2v) is 3.43. The van der Waals surface area contributed by atoms with Crippen molar-refractivity contribution in [2.24, 2.45) is 5.73 Å². The highest BCUT2D eigenvalue weighted by atomic mass is 35.5. The molecule has 1 rings (SSSR count). The van der Waals surface area contributed by atoms with Crippen LogP contribution in [-0.4, -0.2) is 11.3 Å². The van der Waals surface area contributed by atoms with Gasteiger partial charge in [-0.05, 0) is 12.1 Å². The minimum Gasteiger partial charge on any atom is -0.506 e. The number of halogens is 4. The first-order chi connectivity index (χ1) is 7.27. The molecule has 0 heterocycles. The van der Waals surface area contributed by atoms with Crippen LogP contribution < -0.4 is 5.73 Å². The van der Waals surface area contributed by atoms with Crippen LogP contribution in [0.25, 0.3) is 0 Å². The van der Waals surface area contributed by atoms with Gasteiger partial charge in [0.25, 0.3) is 0 Å². The van der Waals surface area contributed by atoms with Crippen molar-refractivity contribution in [3.63, 3.8) is 0 Å². The summed E-state index contributed by atoms with van der Waals surface area (Å²) in [5, 5.41) is 17.5. The van der Waals surface area contributed by atoms with E-state index in [0.29, 0.717) is 0 Å². The van der Waals surface area contributed by atoms with Crippen LogP contribution in [0.5, 0.6) is 5.75 Å². The predicted molar refractivity (Wildman–Crippen MR) is 50.8 cm³/mol. The van der Waals surface area contributed by atoms with Crippen molar-refractivity contribution in [2.45, 2.75) is 12.2 Å². The highest BCUT2D eigenvalue weighted by molar-refractivity contribution is 6.32. The lowest BCUT2D eigenvalue weighted by Crippen LogP contribution is -2.28. The molecule has 0 aromatic heterocycles. The van der Waals surface area contributed by atoms with Crippen molar-refractivity contribution in [2.75, 3.05) is 0 Å². The Morgan fingerprint density at radius 3 is 2.44 bits per heavy atom. The molecule has 0 aliphatic heterocycles. The lowest BCUT2D eigenvalue weighted by atomic mass is 10.0. The largest absolute Gasteiger partial charge is 0.506 e. The first kappa shape index (κ1) is 12.6. The first-order valence-corrected chi connectivity index (χ1v) is 4.40. The van der Waals surface area contributed by atoms with E-state index < -0.39 is 23.5 Å². The molecule has 0 saturated heterocycles. The normalized spacial score (nSPS) is 13.2. The highest BCUT2D eigenvalue weighted by Gasteiger charge is 2.39. The van der Waals surface area contributed by atoms with E-state index in [-0.39, 0.29) is 10.6 Å². The number of phenols is 1. The number of nitrogens with zero attached hydrogens (tertiary/aromatic N) is 1. The van der Waals surface area contributed by atoms with Crippen LogP contribution in [0.4, 0.5) is 13.2 Å². The van der Waals surface area contributed by atoms with Crippen LogP contribution in [0.2, 0.25) is 5.02 Å². The van der Waals surface area contributed by atoms with E-state index in [4.69, 9.17) is 22.6 Å². The molecule has 3 nitrogen and oxygen atoms in total. The molecule has 0 amide bonds. The van der Waals surface area contributed by atoms with Crippen LogP contribution in [0.15, 0.2) is 12.1 Å². The molecule has 1 aromatic rings. The third-order valence-corrected chi connectivity index (χ3v) is 2.20. The number of benzene rings is 1. The van der Waals surface area contributed by atoms with E-state index in [2.05, 4.69) is 0 Å². The third kappa shape index (κ3) is 2.38. The summed E-state index contributed by atoms with van der Waals surface area (Å²) < 4.78 is 37.0. The Hall–Kier alpha value is -1.45. The minimum atomic E-state index is -4.71. The van der Waals surface area contributed by atoms with E-state index in [1.807, 2.05) is 0 Å². The minimum absolute atomic E-state index is 0.0995. The van der Waals surface area contributed by atoms with Gasteiger partial charge in [-0.15, -0.1) is 0 Å². The summed E-state index contributed by atoms with van der Waals surface area (Å²) >= 11 is 5.47. The smallest absolute Gasteiger partial charge is 0.407 e. The zero-order valence-electron chi connectivity index (χ0n) is 7.72. The van der Waals surface area contributed by atoms with Gasteiger partial charge in [-0.3, -0.25) is 0 Å². The zero-order valence-corrected chi connectivity index (χ0v) is 8.47. The van der Waals surface area contributed by atoms with Gasteiger partial charge in [0.15, 0.2) is 0 Å². The SMILES string of the molecule is N#Cc1cc(Cl)c(O)c([C@H](N)C(F)(F)F)c1. The van der Waals surface area contributed by atoms with Crippen molar-refractivity contribution in [3.05, 3.63) is 28.3 Å². The molecular weight excluding hydrogens is 245 g/mol. The fourth-order valence-electron chi connectivity index (χ4n) is 1.10. The maximum Gasteiger partial charge on any atom is 0.407 e. The number of aromatic hydroxyl groups is 1. The Labute approximate surface area is 93.9 Å². The van der Waals surface area contributed by atoms with Gasteiger partial charge in [0.05, 0.1) is 16.7 Å². The molecule has 0 unspecified atom stereocenters. The summed E-state index contributed by atoms with van der Waals surface area (Å²) in [7, 11) is 0. The number of hydrogen-bond acceptors (Lipinski definition) is 3. The van der Waals surface area contributed by atoms with E-state index in [0.717, 1.165) is 12.1 Å². The molecule has 86 valence electrons. The first-order valence-electron chi connectivity index (χ1n) is 4.02. The van der Waals surface area contributed by atoms with Crippen molar-refractivity contribution < 1.29 is 18.3 Å². The Bertz CT molecular complexity index is 453. The fourth-order valence-corrected chi connectivity index (χ4v) is 1.32. The third-order valence-electron chi connectivity index (χ3n) is 1.91. The monoisotopic (exact) mass is 250 g/mol. The molecule has 0 aliphatic rings. The molecule has 0 fully saturated rings. The summed E-state index contributed by atoms with van der Waals surface area (Å²) in [4.78, 5) is 0. The van der Waals surface area contributed by atoms with Gasteiger partial charge in [-0.25, -0.2) is 0 Å². The fraction of sp³-hybridized carbons (Fsp3) is 0.222. The Morgan fingerprint density at radius 1 is 1.44 bits per heavy atom. The van der Waals surface area contributed by atoms with Gasteiger partial charge >= 0.3 is 6.18 Å². The van der Waals surface area contributed by atoms with Crippen LogP contribution >= 0.6 is 11.6 Å². The number of nitrogens with two attached hydrogens (primary N) is 1. The van der Waals surface area contributed by atoms with Crippen LogP contribution in [0.1, 0.15) is 17.2 Å². The van der Waals surface area contributed by atoms with Crippen LogP contribution in [0, 0.1) is 11.3 Å². The summed E-state index contributed by atoms with van der Waals surface area (Å²) in [6, 6.07) is 1.17. The van der Waals surface area contributed by atoms with Gasteiger partial charge in [-0.1, -0.05) is 11.6 Å². The second-order valence-electron chi connectivity index (χ2n) is 3.03. The quantitative estimate of drug-likeness (QED) is 0.804. The number of nitriles is 1. The van der Waals surface area contributed by atoms with Crippen molar-refractivity contribution in [3.8, 4) is 11.8 Å². The number of alkyl halides is 3. The number of phenolic OH excluding ortho intramolecular Hbond substituents is 1. The van der Waals surface area contributed by atoms with Gasteiger partial charge in [0.2, 0.25) is 0 Å². The van der Waals surface area contributed by atoms with Gasteiger partial charge in [0, 0.05) is 5.56 Å². The summed E-state index contributed by atoms with van der Waals surface area (Å²) in [6.07, 6.45) is -4.71. The topological polar surface area (TPSA) is 70.0 Å². The van der Waals surface area contributed by atoms with Crippen molar-refractivity contribution in [1.29, 1.82) is 5.26 Å². The predicted octanol–water partition coefficient (Wildman–Crippen LogP) is 2.48. The molecule has 0 spiro atoms. The molecule has 3 N–H and O–H groups in total. The summed E-state index contributed by atoms with van der Waals surface area (Å²) in [5.41, 5.74) is 4.20. The second kappa shape index (κ2) is 4.20. The Balaban J connectivity index is 3.34. The maximum absolute atomic E-state index is 12.3. The average molecular weight is 251 g/mol. The highest BCUT2D eigenvalue weighted by Crippen LogP contribution is 2.38. The average Bonchev–Trinajstić information content (AvgIpc) is 2.19. The molecule has 0 saturated carbocycles. The summed E-state index contributed by atoms with van der Waals surface area (Å²) in [6.45, 7) is 0. The Kier molecular flexibility index (Phi) is 3.31. The number of hydrogen-bond donors (Lipinski definition) is 2. The van der Waals surface area contributed by atoms with Crippen LogP contribution in [0.3, 0.4) is 0 Å². The molecule has 0 aliphatic carbocycles. The van der Waals surface area contributed by atoms with Gasteiger partial charge in [-0.2, -0.15) is 18.4 Å². The molecule has 16 heavy (non-hydrogen) atoms. The molecular formula is C9H6ClF3N2O. The van der Waals surface area contributed by atoms with Crippen LogP contribution in [-0.2, 0) is 0 Å². The molecule has 0 bridgehead atoms. The molecule has 0 radical (unpaired) electrons. The molecule has 1 aromatic carbocycles. The van der Waals surface area contributed by atoms with E-state index in [9.17, 15) is 18.3 Å². The van der Waals surface area contributed by atoms with E-state index in [1.165, 1.54) is 0 Å². The standard InChI is InChI=1S/C9H6ClF3N2O/c10-6-2-4(3-14)1-5(7(6)16)8(15)9(11,12)13/h1-2,8,16H,15H2/t8-/m0/s1. The van der Waals surface area contributed by atoms with E-state index in [1.54, 1.807) is 6.07 Å². The van der Waals surface area contributed by atoms with Crippen molar-refractivity contribution >= 4 is 11.6 Å². The van der Waals surface area contributed by atoms with Gasteiger partial charge in [0.1, 0.15) is 11.8 Å². The lowest BCUT2D eigenvalue weighted by molar-refractivity contribution is -0.149. The molecule has 1 atom stereocenters. The van der Waals surface area contributed by atoms with Crippen molar-refractivity contribution in [1.82, 2.24) is 0 Å². The maximum atomic E-state index is 12.3. The Morgan fingerprint density at radius 2 is 2.00 bits per heavy atom.